The highest BCUT2D eigenvalue weighted by molar-refractivity contribution is 6.42. The Morgan fingerprint density at radius 1 is 0.962 bits per heavy atom. The van der Waals surface area contributed by atoms with Crippen LogP contribution in [0.1, 0.15) is 5.56 Å². The van der Waals surface area contributed by atoms with Crippen LogP contribution in [0.15, 0.2) is 58.9 Å². The molecule has 2 aromatic carbocycles. The number of ether oxygens (including phenoxy) is 1. The number of benzene rings is 2. The fourth-order valence-corrected chi connectivity index (χ4v) is 2.16. The zero-order chi connectivity index (χ0) is 18.5. The molecule has 3 rings (SSSR count). The van der Waals surface area contributed by atoms with E-state index in [9.17, 15) is 8.78 Å². The first-order chi connectivity index (χ1) is 12.5. The molecular weight excluding hydrogens is 385 g/mol. The van der Waals surface area contributed by atoms with Crippen molar-refractivity contribution in [1.82, 2.24) is 9.97 Å². The van der Waals surface area contributed by atoms with E-state index in [1.54, 1.807) is 24.3 Å². The number of nitrogens with zero attached hydrogens (tertiary/aromatic N) is 4. The van der Waals surface area contributed by atoms with Gasteiger partial charge in [-0.05, 0) is 35.9 Å². The summed E-state index contributed by atoms with van der Waals surface area (Å²) >= 11 is 11.7. The Kier molecular flexibility index (Phi) is 5.70. The van der Waals surface area contributed by atoms with Crippen LogP contribution in [-0.2, 0) is 6.61 Å². The maximum atomic E-state index is 13.8. The number of hydrogen-bond donors (Lipinski definition) is 0. The lowest BCUT2D eigenvalue weighted by molar-refractivity contribution is 0.279. The highest BCUT2D eigenvalue weighted by Gasteiger charge is 2.08. The maximum Gasteiger partial charge on any atom is 0.318 e. The number of rotatable bonds is 5. The third-order valence-corrected chi connectivity index (χ3v) is 3.89. The van der Waals surface area contributed by atoms with Crippen LogP contribution in [-0.4, -0.2) is 9.97 Å². The number of hydrogen-bond acceptors (Lipinski definition) is 5. The average Bonchev–Trinajstić information content (AvgIpc) is 2.64. The monoisotopic (exact) mass is 394 g/mol. The van der Waals surface area contributed by atoms with Crippen LogP contribution >= 0.6 is 23.2 Å². The first-order valence-electron chi connectivity index (χ1n) is 7.28. The predicted octanol–water partition coefficient (Wildman–Crippen LogP) is 6.06. The van der Waals surface area contributed by atoms with E-state index in [4.69, 9.17) is 27.9 Å². The van der Waals surface area contributed by atoms with Gasteiger partial charge in [0.15, 0.2) is 5.82 Å². The molecule has 0 atom stereocenters. The smallest absolute Gasteiger partial charge is 0.318 e. The van der Waals surface area contributed by atoms with Crippen LogP contribution < -0.4 is 4.74 Å². The van der Waals surface area contributed by atoms with Gasteiger partial charge in [-0.3, -0.25) is 0 Å². The van der Waals surface area contributed by atoms with Crippen molar-refractivity contribution in [3.8, 4) is 6.01 Å². The molecule has 0 saturated carbocycles. The van der Waals surface area contributed by atoms with Crippen molar-refractivity contribution in [1.29, 1.82) is 0 Å². The van der Waals surface area contributed by atoms with Crippen molar-refractivity contribution in [3.05, 3.63) is 75.9 Å². The molecule has 0 amide bonds. The molecule has 0 bridgehead atoms. The molecule has 132 valence electrons. The van der Waals surface area contributed by atoms with Gasteiger partial charge in [0.1, 0.15) is 12.4 Å². The molecular formula is C17H10Cl2F2N4O. The van der Waals surface area contributed by atoms with Gasteiger partial charge in [-0.1, -0.05) is 35.3 Å². The molecule has 3 aromatic rings. The minimum absolute atomic E-state index is 0.0844. The summed E-state index contributed by atoms with van der Waals surface area (Å²) in [6.45, 7) is 0.0925. The van der Waals surface area contributed by atoms with Gasteiger partial charge < -0.3 is 4.74 Å². The highest BCUT2D eigenvalue weighted by Crippen LogP contribution is 2.28. The Morgan fingerprint density at radius 2 is 1.73 bits per heavy atom. The largest absolute Gasteiger partial charge is 0.459 e. The molecule has 0 aliphatic heterocycles. The lowest BCUT2D eigenvalue weighted by Gasteiger charge is -2.05. The van der Waals surface area contributed by atoms with Crippen LogP contribution in [0.5, 0.6) is 6.01 Å². The summed E-state index contributed by atoms with van der Waals surface area (Å²) in [5.74, 6) is -1.40. The van der Waals surface area contributed by atoms with E-state index in [0.717, 1.165) is 6.20 Å². The Hall–Kier alpha value is -2.64. The second kappa shape index (κ2) is 8.16. The van der Waals surface area contributed by atoms with E-state index in [1.165, 1.54) is 18.2 Å². The van der Waals surface area contributed by atoms with Gasteiger partial charge in [0.25, 0.3) is 0 Å². The molecule has 1 aromatic heterocycles. The van der Waals surface area contributed by atoms with Crippen LogP contribution in [0.2, 0.25) is 10.0 Å². The Morgan fingerprint density at radius 3 is 2.46 bits per heavy atom. The molecule has 0 saturated heterocycles. The Balaban J connectivity index is 1.73. The van der Waals surface area contributed by atoms with Crippen LogP contribution in [0.25, 0.3) is 0 Å². The number of aromatic nitrogens is 2. The summed E-state index contributed by atoms with van der Waals surface area (Å²) in [4.78, 5) is 7.59. The second-order valence-electron chi connectivity index (χ2n) is 5.04. The van der Waals surface area contributed by atoms with Gasteiger partial charge in [-0.15, -0.1) is 10.2 Å². The zero-order valence-electron chi connectivity index (χ0n) is 13.0. The molecule has 9 heteroatoms. The number of halogens is 4. The lowest BCUT2D eigenvalue weighted by atomic mass is 10.2. The Labute approximate surface area is 157 Å². The van der Waals surface area contributed by atoms with Gasteiger partial charge in [0.2, 0.25) is 5.82 Å². The maximum absolute atomic E-state index is 13.8. The van der Waals surface area contributed by atoms with E-state index in [1.807, 2.05) is 0 Å². The molecule has 0 fully saturated rings. The van der Waals surface area contributed by atoms with Crippen molar-refractivity contribution >= 4 is 34.7 Å². The normalized spacial score (nSPS) is 11.1. The van der Waals surface area contributed by atoms with Gasteiger partial charge in [0.05, 0.1) is 21.9 Å². The minimum Gasteiger partial charge on any atom is -0.459 e. The molecule has 26 heavy (non-hydrogen) atoms. The molecule has 0 aliphatic rings. The summed E-state index contributed by atoms with van der Waals surface area (Å²) in [5.41, 5.74) is 1.09. The van der Waals surface area contributed by atoms with E-state index < -0.39 is 5.82 Å². The SMILES string of the molecule is Fc1ccc(COc2ncc(F)c(N=Nc3ccc(Cl)c(Cl)c3)n2)cc1. The summed E-state index contributed by atoms with van der Waals surface area (Å²) in [5, 5.41) is 8.28. The van der Waals surface area contributed by atoms with Crippen LogP contribution in [0, 0.1) is 11.6 Å². The van der Waals surface area contributed by atoms with Gasteiger partial charge in [0, 0.05) is 0 Å². The molecule has 0 N–H and O–H groups in total. The van der Waals surface area contributed by atoms with Crippen molar-refractivity contribution in [3.63, 3.8) is 0 Å². The summed E-state index contributed by atoms with van der Waals surface area (Å²) < 4.78 is 32.0. The van der Waals surface area contributed by atoms with Crippen LogP contribution in [0.3, 0.4) is 0 Å². The fraction of sp³-hybridized carbons (Fsp3) is 0.0588. The second-order valence-corrected chi connectivity index (χ2v) is 5.85. The van der Waals surface area contributed by atoms with Gasteiger partial charge in [-0.25, -0.2) is 13.8 Å². The molecule has 0 spiro atoms. The lowest BCUT2D eigenvalue weighted by Crippen LogP contribution is -2.00. The third kappa shape index (κ3) is 4.71. The molecule has 1 heterocycles. The standard InChI is InChI=1S/C17H10Cl2F2N4O/c18-13-6-5-12(7-14(13)19)24-25-16-15(21)8-22-17(23-16)26-9-10-1-3-11(20)4-2-10/h1-8H,9H2. The first kappa shape index (κ1) is 18.2. The quantitative estimate of drug-likeness (QED) is 0.494. The van der Waals surface area contributed by atoms with Gasteiger partial charge >= 0.3 is 6.01 Å². The summed E-state index contributed by atoms with van der Waals surface area (Å²) in [6, 6.07) is 10.3. The van der Waals surface area contributed by atoms with Crippen molar-refractivity contribution in [2.75, 3.05) is 0 Å². The van der Waals surface area contributed by atoms with Crippen molar-refractivity contribution in [2.24, 2.45) is 10.2 Å². The fourth-order valence-electron chi connectivity index (χ4n) is 1.86. The summed E-state index contributed by atoms with van der Waals surface area (Å²) in [6.07, 6.45) is 0.927. The average molecular weight is 395 g/mol. The molecule has 5 nitrogen and oxygen atoms in total. The van der Waals surface area contributed by atoms with E-state index in [0.29, 0.717) is 21.3 Å². The predicted molar refractivity (Wildman–Crippen MR) is 93.4 cm³/mol. The molecule has 0 aliphatic carbocycles. The van der Waals surface area contributed by atoms with Crippen LogP contribution in [0.4, 0.5) is 20.3 Å². The van der Waals surface area contributed by atoms with E-state index in [2.05, 4.69) is 20.2 Å². The van der Waals surface area contributed by atoms with Gasteiger partial charge in [-0.2, -0.15) is 4.98 Å². The van der Waals surface area contributed by atoms with E-state index in [-0.39, 0.29) is 24.3 Å². The van der Waals surface area contributed by atoms with E-state index >= 15 is 0 Å². The third-order valence-electron chi connectivity index (χ3n) is 3.15. The first-order valence-corrected chi connectivity index (χ1v) is 8.03. The molecule has 0 unspecified atom stereocenters. The van der Waals surface area contributed by atoms with Crippen molar-refractivity contribution in [2.45, 2.75) is 6.61 Å². The highest BCUT2D eigenvalue weighted by atomic mass is 35.5. The number of azo groups is 1. The molecule has 0 radical (unpaired) electrons. The topological polar surface area (TPSA) is 59.7 Å². The van der Waals surface area contributed by atoms with Crippen molar-refractivity contribution < 1.29 is 13.5 Å². The summed E-state index contributed by atoms with van der Waals surface area (Å²) in [7, 11) is 0. The minimum atomic E-state index is -0.761. The zero-order valence-corrected chi connectivity index (χ0v) is 14.5. The Bertz CT molecular complexity index is 952.